The highest BCUT2D eigenvalue weighted by molar-refractivity contribution is 6.33. The maximum atomic E-state index is 12.1. The molecule has 2 aromatic rings. The molecule has 20 heavy (non-hydrogen) atoms. The summed E-state index contributed by atoms with van der Waals surface area (Å²) in [6.07, 6.45) is 5.14. The largest absolute Gasteiger partial charge is 0.347 e. The molecule has 0 aromatic carbocycles. The van der Waals surface area contributed by atoms with E-state index in [-0.39, 0.29) is 11.8 Å². The van der Waals surface area contributed by atoms with Crippen molar-refractivity contribution in [3.05, 3.63) is 11.5 Å². The van der Waals surface area contributed by atoms with E-state index in [1.165, 1.54) is 0 Å². The molecule has 0 radical (unpaired) electrons. The van der Waals surface area contributed by atoms with Gasteiger partial charge in [-0.1, -0.05) is 18.0 Å². The number of fused-ring (bicyclic) bond motifs is 1. The van der Waals surface area contributed by atoms with Gasteiger partial charge in [-0.15, -0.1) is 0 Å². The van der Waals surface area contributed by atoms with Gasteiger partial charge in [0.15, 0.2) is 16.6 Å². The molecule has 1 aliphatic carbocycles. The second-order valence-electron chi connectivity index (χ2n) is 5.26. The molecule has 106 valence electrons. The molecule has 0 spiro atoms. The SMILES string of the molecule is CN(C)c1nc(Cl)c2ncn(C3CCCCC3=O)c2n1. The molecule has 1 aliphatic rings. The molecule has 1 fully saturated rings. The monoisotopic (exact) mass is 293 g/mol. The maximum Gasteiger partial charge on any atom is 0.228 e. The van der Waals surface area contributed by atoms with Gasteiger partial charge < -0.3 is 9.47 Å². The average molecular weight is 294 g/mol. The Balaban J connectivity index is 2.14. The third kappa shape index (κ3) is 2.14. The quantitative estimate of drug-likeness (QED) is 0.795. The van der Waals surface area contributed by atoms with E-state index < -0.39 is 0 Å². The molecule has 0 bridgehead atoms. The summed E-state index contributed by atoms with van der Waals surface area (Å²) in [6.45, 7) is 0. The number of halogens is 1. The van der Waals surface area contributed by atoms with Crippen LogP contribution in [0.2, 0.25) is 5.15 Å². The molecule has 7 heteroatoms. The Morgan fingerprint density at radius 3 is 2.85 bits per heavy atom. The summed E-state index contributed by atoms with van der Waals surface area (Å²) in [6, 6.07) is -0.172. The predicted octanol–water partition coefficient (Wildman–Crippen LogP) is 2.23. The number of aromatic nitrogens is 4. The first-order valence-electron chi connectivity index (χ1n) is 6.68. The highest BCUT2D eigenvalue weighted by Crippen LogP contribution is 2.30. The fourth-order valence-corrected chi connectivity index (χ4v) is 2.77. The second-order valence-corrected chi connectivity index (χ2v) is 5.62. The Bertz CT molecular complexity index is 666. The molecule has 0 saturated heterocycles. The van der Waals surface area contributed by atoms with Crippen LogP contribution in [-0.4, -0.2) is 39.4 Å². The predicted molar refractivity (Wildman–Crippen MR) is 77.2 cm³/mol. The number of hydrogen-bond donors (Lipinski definition) is 0. The van der Waals surface area contributed by atoms with Gasteiger partial charge in [0.2, 0.25) is 5.95 Å². The van der Waals surface area contributed by atoms with Gasteiger partial charge in [-0.3, -0.25) is 4.79 Å². The maximum absolute atomic E-state index is 12.1. The summed E-state index contributed by atoms with van der Waals surface area (Å²) in [4.78, 5) is 26.8. The summed E-state index contributed by atoms with van der Waals surface area (Å²) in [5.74, 6) is 0.768. The Labute approximate surface area is 121 Å². The highest BCUT2D eigenvalue weighted by atomic mass is 35.5. The number of rotatable bonds is 2. The average Bonchev–Trinajstić information content (AvgIpc) is 2.83. The Hall–Kier alpha value is -1.69. The van der Waals surface area contributed by atoms with Crippen LogP contribution in [0.25, 0.3) is 11.2 Å². The van der Waals surface area contributed by atoms with Crippen LogP contribution in [0.5, 0.6) is 0 Å². The standard InChI is InChI=1S/C13H16ClN5O/c1-18(2)13-16-11(14)10-12(17-13)19(7-15-10)8-5-3-4-6-9(8)20/h7-8H,3-6H2,1-2H3. The number of carbonyl (C=O) groups is 1. The lowest BCUT2D eigenvalue weighted by molar-refractivity contribution is -0.123. The lowest BCUT2D eigenvalue weighted by atomic mass is 9.94. The zero-order valence-corrected chi connectivity index (χ0v) is 12.3. The minimum atomic E-state index is -0.172. The lowest BCUT2D eigenvalue weighted by Crippen LogP contribution is -2.23. The van der Waals surface area contributed by atoms with E-state index in [1.54, 1.807) is 11.2 Å². The summed E-state index contributed by atoms with van der Waals surface area (Å²) in [7, 11) is 3.70. The van der Waals surface area contributed by atoms with E-state index in [0.717, 1.165) is 19.3 Å². The first kappa shape index (κ1) is 13.3. The van der Waals surface area contributed by atoms with E-state index in [0.29, 0.717) is 28.7 Å². The third-order valence-electron chi connectivity index (χ3n) is 3.63. The van der Waals surface area contributed by atoms with Crippen LogP contribution >= 0.6 is 11.6 Å². The van der Waals surface area contributed by atoms with Gasteiger partial charge in [0.05, 0.1) is 12.4 Å². The van der Waals surface area contributed by atoms with Gasteiger partial charge in [-0.2, -0.15) is 9.97 Å². The molecule has 6 nitrogen and oxygen atoms in total. The van der Waals surface area contributed by atoms with Gasteiger partial charge >= 0.3 is 0 Å². The van der Waals surface area contributed by atoms with Crippen LogP contribution in [0.4, 0.5) is 5.95 Å². The molecule has 0 aliphatic heterocycles. The van der Waals surface area contributed by atoms with Crippen LogP contribution in [-0.2, 0) is 4.79 Å². The molecule has 2 heterocycles. The topological polar surface area (TPSA) is 63.9 Å². The number of imidazole rings is 1. The number of hydrogen-bond acceptors (Lipinski definition) is 5. The minimum absolute atomic E-state index is 0.172. The molecule has 0 amide bonds. The van der Waals surface area contributed by atoms with Gasteiger partial charge in [-0.05, 0) is 12.8 Å². The van der Waals surface area contributed by atoms with Crippen molar-refractivity contribution in [2.45, 2.75) is 31.7 Å². The number of nitrogens with zero attached hydrogens (tertiary/aromatic N) is 5. The fraction of sp³-hybridized carbons (Fsp3) is 0.538. The zero-order valence-electron chi connectivity index (χ0n) is 11.5. The van der Waals surface area contributed by atoms with Crippen molar-refractivity contribution in [3.8, 4) is 0 Å². The van der Waals surface area contributed by atoms with E-state index in [4.69, 9.17) is 11.6 Å². The van der Waals surface area contributed by atoms with Gasteiger partial charge in [0, 0.05) is 20.5 Å². The number of carbonyl (C=O) groups excluding carboxylic acids is 1. The molecule has 0 N–H and O–H groups in total. The lowest BCUT2D eigenvalue weighted by Gasteiger charge is -2.22. The minimum Gasteiger partial charge on any atom is -0.347 e. The van der Waals surface area contributed by atoms with Crippen LogP contribution in [0.15, 0.2) is 6.33 Å². The molecule has 3 rings (SSSR count). The first-order chi connectivity index (χ1) is 9.58. The molecule has 1 unspecified atom stereocenters. The van der Waals surface area contributed by atoms with Crippen molar-refractivity contribution in [2.24, 2.45) is 0 Å². The summed E-state index contributed by atoms with van der Waals surface area (Å²) in [5, 5.41) is 0.320. The second kappa shape index (κ2) is 5.01. The van der Waals surface area contributed by atoms with E-state index in [9.17, 15) is 4.79 Å². The van der Waals surface area contributed by atoms with Crippen molar-refractivity contribution in [1.29, 1.82) is 0 Å². The fourth-order valence-electron chi connectivity index (χ4n) is 2.56. The van der Waals surface area contributed by atoms with Gasteiger partial charge in [0.1, 0.15) is 5.52 Å². The van der Waals surface area contributed by atoms with Crippen molar-refractivity contribution in [3.63, 3.8) is 0 Å². The van der Waals surface area contributed by atoms with Crippen molar-refractivity contribution >= 4 is 34.5 Å². The molecule has 1 saturated carbocycles. The van der Waals surface area contributed by atoms with Gasteiger partial charge in [0.25, 0.3) is 0 Å². The number of anilines is 1. The Kier molecular flexibility index (Phi) is 3.33. The summed E-state index contributed by atoms with van der Waals surface area (Å²) < 4.78 is 1.84. The van der Waals surface area contributed by atoms with Crippen molar-refractivity contribution < 1.29 is 4.79 Å². The smallest absolute Gasteiger partial charge is 0.228 e. The first-order valence-corrected chi connectivity index (χ1v) is 7.06. The van der Waals surface area contributed by atoms with E-state index >= 15 is 0 Å². The van der Waals surface area contributed by atoms with Gasteiger partial charge in [-0.25, -0.2) is 4.98 Å². The van der Waals surface area contributed by atoms with Crippen molar-refractivity contribution in [2.75, 3.05) is 19.0 Å². The molecular weight excluding hydrogens is 278 g/mol. The van der Waals surface area contributed by atoms with Crippen LogP contribution in [0, 0.1) is 0 Å². The van der Waals surface area contributed by atoms with E-state index in [1.807, 2.05) is 18.7 Å². The van der Waals surface area contributed by atoms with Crippen molar-refractivity contribution in [1.82, 2.24) is 19.5 Å². The van der Waals surface area contributed by atoms with Crippen LogP contribution in [0.3, 0.4) is 0 Å². The Morgan fingerprint density at radius 2 is 2.15 bits per heavy atom. The summed E-state index contributed by atoms with van der Waals surface area (Å²) >= 11 is 6.16. The molecule has 2 aromatic heterocycles. The zero-order chi connectivity index (χ0) is 14.3. The number of ketones is 1. The van der Waals surface area contributed by atoms with E-state index in [2.05, 4.69) is 15.0 Å². The molecular formula is C13H16ClN5O. The normalized spacial score (nSPS) is 19.6. The van der Waals surface area contributed by atoms with Crippen LogP contribution < -0.4 is 4.90 Å². The third-order valence-corrected chi connectivity index (χ3v) is 3.89. The van der Waals surface area contributed by atoms with Crippen LogP contribution in [0.1, 0.15) is 31.7 Å². The highest BCUT2D eigenvalue weighted by Gasteiger charge is 2.26. The summed E-state index contributed by atoms with van der Waals surface area (Å²) in [5.41, 5.74) is 1.18. The molecule has 1 atom stereocenters. The Morgan fingerprint density at radius 1 is 1.35 bits per heavy atom. The number of Topliss-reactive ketones (excluding diaryl/α,β-unsaturated/α-hetero) is 1.